The third kappa shape index (κ3) is 2.31. The van der Waals surface area contributed by atoms with Gasteiger partial charge in [-0.1, -0.05) is 23.2 Å². The topological polar surface area (TPSA) is 68.2 Å². The van der Waals surface area contributed by atoms with Crippen LogP contribution in [-0.2, 0) is 4.74 Å². The first-order chi connectivity index (χ1) is 8.13. The number of hydrogen-bond acceptors (Lipinski definition) is 5. The first-order valence-electron chi connectivity index (χ1n) is 4.89. The van der Waals surface area contributed by atoms with E-state index in [-0.39, 0.29) is 46.3 Å². The molecule has 0 saturated carbocycles. The van der Waals surface area contributed by atoms with Crippen molar-refractivity contribution in [2.75, 3.05) is 26.4 Å². The van der Waals surface area contributed by atoms with E-state index in [4.69, 9.17) is 37.4 Å². The zero-order valence-corrected chi connectivity index (χ0v) is 10.2. The van der Waals surface area contributed by atoms with Crippen LogP contribution in [-0.4, -0.2) is 36.6 Å². The number of ether oxygens (including phenoxy) is 3. The molecule has 0 radical (unpaired) electrons. The summed E-state index contributed by atoms with van der Waals surface area (Å²) < 4.78 is 15.6. The SMILES string of the molecule is Oc1c(Cl)c2c(O)c(c1Cl)OCCOCCO2. The van der Waals surface area contributed by atoms with Gasteiger partial charge < -0.3 is 24.4 Å². The molecule has 2 N–H and O–H groups in total. The van der Waals surface area contributed by atoms with Crippen LogP contribution in [0.3, 0.4) is 0 Å². The molecule has 0 saturated heterocycles. The summed E-state index contributed by atoms with van der Waals surface area (Å²) >= 11 is 11.6. The largest absolute Gasteiger partial charge is 0.505 e. The van der Waals surface area contributed by atoms with Crippen LogP contribution in [0.15, 0.2) is 0 Å². The molecule has 5 nitrogen and oxygen atoms in total. The number of phenols is 2. The number of halogens is 2. The van der Waals surface area contributed by atoms with Gasteiger partial charge in [0.1, 0.15) is 23.3 Å². The monoisotopic (exact) mass is 280 g/mol. The van der Waals surface area contributed by atoms with Crippen molar-refractivity contribution in [1.82, 2.24) is 0 Å². The Morgan fingerprint density at radius 1 is 0.765 bits per heavy atom. The predicted molar refractivity (Wildman–Crippen MR) is 61.6 cm³/mol. The maximum atomic E-state index is 9.89. The average Bonchev–Trinajstić information content (AvgIpc) is 2.32. The van der Waals surface area contributed by atoms with Crippen molar-refractivity contribution in [3.63, 3.8) is 0 Å². The molecule has 0 aromatic heterocycles. The molecule has 1 aromatic rings. The summed E-state index contributed by atoms with van der Waals surface area (Å²) in [6.07, 6.45) is 0. The normalized spacial score (nSPS) is 15.9. The van der Waals surface area contributed by atoms with Gasteiger partial charge in [-0.2, -0.15) is 0 Å². The fourth-order valence-corrected chi connectivity index (χ4v) is 1.92. The van der Waals surface area contributed by atoms with Crippen molar-refractivity contribution >= 4 is 23.2 Å². The van der Waals surface area contributed by atoms with Gasteiger partial charge in [0.2, 0.25) is 5.75 Å². The van der Waals surface area contributed by atoms with Gasteiger partial charge in [0, 0.05) is 0 Å². The molecule has 1 aromatic carbocycles. The van der Waals surface area contributed by atoms with Crippen LogP contribution in [0.4, 0.5) is 0 Å². The Bertz CT molecular complexity index is 400. The quantitative estimate of drug-likeness (QED) is 0.713. The molecule has 94 valence electrons. The van der Waals surface area contributed by atoms with E-state index in [0.717, 1.165) is 0 Å². The van der Waals surface area contributed by atoms with Crippen molar-refractivity contribution in [2.45, 2.75) is 0 Å². The zero-order chi connectivity index (χ0) is 12.4. The minimum Gasteiger partial charge on any atom is -0.505 e. The highest BCUT2D eigenvalue weighted by molar-refractivity contribution is 6.39. The zero-order valence-electron chi connectivity index (χ0n) is 8.70. The van der Waals surface area contributed by atoms with E-state index in [1.165, 1.54) is 0 Å². The smallest absolute Gasteiger partial charge is 0.204 e. The summed E-state index contributed by atoms with van der Waals surface area (Å²) in [6.45, 7) is 1.07. The first kappa shape index (κ1) is 12.4. The van der Waals surface area contributed by atoms with E-state index in [0.29, 0.717) is 13.2 Å². The summed E-state index contributed by atoms with van der Waals surface area (Å²) in [5.41, 5.74) is 0. The summed E-state index contributed by atoms with van der Waals surface area (Å²) in [5, 5.41) is 19.3. The Balaban J connectivity index is 2.53. The minimum atomic E-state index is -0.377. The minimum absolute atomic E-state index is 0.0610. The average molecular weight is 281 g/mol. The predicted octanol–water partition coefficient (Wildman–Crippen LogP) is 2.19. The molecule has 2 bridgehead atoms. The van der Waals surface area contributed by atoms with E-state index in [1.807, 2.05) is 0 Å². The highest BCUT2D eigenvalue weighted by Gasteiger charge is 2.24. The molecule has 0 amide bonds. The number of fused-ring (bicyclic) bond motifs is 2. The molecule has 0 aliphatic carbocycles. The molecular weight excluding hydrogens is 271 g/mol. The maximum Gasteiger partial charge on any atom is 0.204 e. The fraction of sp³-hybridized carbons (Fsp3) is 0.400. The number of phenolic OH excluding ortho intramolecular Hbond substituents is 2. The second kappa shape index (κ2) is 5.08. The van der Waals surface area contributed by atoms with Gasteiger partial charge in [0.25, 0.3) is 0 Å². The van der Waals surface area contributed by atoms with Crippen LogP contribution in [0.5, 0.6) is 23.0 Å². The molecule has 17 heavy (non-hydrogen) atoms. The van der Waals surface area contributed by atoms with Gasteiger partial charge in [0.15, 0.2) is 17.2 Å². The van der Waals surface area contributed by atoms with E-state index in [9.17, 15) is 10.2 Å². The van der Waals surface area contributed by atoms with Crippen LogP contribution in [0.2, 0.25) is 10.0 Å². The summed E-state index contributed by atoms with van der Waals surface area (Å²) in [5.74, 6) is -0.819. The van der Waals surface area contributed by atoms with Crippen molar-refractivity contribution < 1.29 is 24.4 Å². The van der Waals surface area contributed by atoms with Crippen molar-refractivity contribution in [2.24, 2.45) is 0 Å². The molecule has 2 rings (SSSR count). The molecule has 0 fully saturated rings. The second-order valence-corrected chi connectivity index (χ2v) is 4.05. The molecule has 0 unspecified atom stereocenters. The number of aromatic hydroxyl groups is 2. The highest BCUT2D eigenvalue weighted by Crippen LogP contribution is 2.52. The molecule has 1 aliphatic rings. The van der Waals surface area contributed by atoms with Crippen LogP contribution in [0, 0.1) is 0 Å². The number of hydrogen-bond donors (Lipinski definition) is 2. The van der Waals surface area contributed by atoms with E-state index in [1.54, 1.807) is 0 Å². The van der Waals surface area contributed by atoms with Gasteiger partial charge in [-0.25, -0.2) is 0 Å². The lowest BCUT2D eigenvalue weighted by Gasteiger charge is -2.18. The van der Waals surface area contributed by atoms with Crippen LogP contribution in [0.25, 0.3) is 0 Å². The van der Waals surface area contributed by atoms with Gasteiger partial charge in [-0.05, 0) is 0 Å². The van der Waals surface area contributed by atoms with Crippen LogP contribution >= 0.6 is 23.2 Å². The second-order valence-electron chi connectivity index (χ2n) is 3.29. The van der Waals surface area contributed by atoms with Gasteiger partial charge in [-0.15, -0.1) is 0 Å². The van der Waals surface area contributed by atoms with E-state index in [2.05, 4.69) is 0 Å². The summed E-state index contributed by atoms with van der Waals surface area (Å²) in [4.78, 5) is 0. The lowest BCUT2D eigenvalue weighted by Crippen LogP contribution is -2.14. The van der Waals surface area contributed by atoms with Crippen molar-refractivity contribution in [3.8, 4) is 23.0 Å². The Labute approximate surface area is 107 Å². The molecule has 7 heteroatoms. The molecule has 0 spiro atoms. The standard InChI is InChI=1S/C10H10Cl2O5/c11-5-7(13)6(12)10-8(14)9(5)16-3-1-15-2-4-17-10/h13-14H,1-4H2. The van der Waals surface area contributed by atoms with Gasteiger partial charge in [-0.3, -0.25) is 0 Å². The maximum absolute atomic E-state index is 9.89. The van der Waals surface area contributed by atoms with Crippen molar-refractivity contribution in [1.29, 1.82) is 0 Å². The fourth-order valence-electron chi connectivity index (χ4n) is 1.39. The van der Waals surface area contributed by atoms with Gasteiger partial charge >= 0.3 is 0 Å². The first-order valence-corrected chi connectivity index (χ1v) is 5.64. The lowest BCUT2D eigenvalue weighted by molar-refractivity contribution is 0.0702. The van der Waals surface area contributed by atoms with E-state index < -0.39 is 0 Å². The highest BCUT2D eigenvalue weighted by atomic mass is 35.5. The third-order valence-corrected chi connectivity index (χ3v) is 2.89. The third-order valence-electron chi connectivity index (χ3n) is 2.19. The number of benzene rings is 1. The van der Waals surface area contributed by atoms with Crippen molar-refractivity contribution in [3.05, 3.63) is 10.0 Å². The van der Waals surface area contributed by atoms with Crippen LogP contribution < -0.4 is 9.47 Å². The van der Waals surface area contributed by atoms with Gasteiger partial charge in [0.05, 0.1) is 13.2 Å². The number of rotatable bonds is 0. The molecule has 0 atom stereocenters. The molecular formula is C10H10Cl2O5. The van der Waals surface area contributed by atoms with E-state index >= 15 is 0 Å². The summed E-state index contributed by atoms with van der Waals surface area (Å²) in [7, 11) is 0. The Morgan fingerprint density at radius 3 is 1.71 bits per heavy atom. The molecule has 1 heterocycles. The Hall–Kier alpha value is -1.04. The Kier molecular flexibility index (Phi) is 3.71. The Morgan fingerprint density at radius 2 is 1.24 bits per heavy atom. The molecule has 1 aliphatic heterocycles. The summed E-state index contributed by atoms with van der Waals surface area (Å²) in [6, 6.07) is 0. The lowest BCUT2D eigenvalue weighted by atomic mass is 10.2. The van der Waals surface area contributed by atoms with Crippen LogP contribution in [0.1, 0.15) is 0 Å².